The van der Waals surface area contributed by atoms with Gasteiger partial charge in [0.05, 0.1) is 12.3 Å². The zero-order valence-electron chi connectivity index (χ0n) is 11.7. The highest BCUT2D eigenvalue weighted by atomic mass is 16.5. The van der Waals surface area contributed by atoms with E-state index in [4.69, 9.17) is 4.74 Å². The van der Waals surface area contributed by atoms with Gasteiger partial charge in [-0.15, -0.1) is 0 Å². The lowest BCUT2D eigenvalue weighted by atomic mass is 10.2. The quantitative estimate of drug-likeness (QED) is 0.641. The van der Waals surface area contributed by atoms with Gasteiger partial charge in [0.2, 0.25) is 0 Å². The van der Waals surface area contributed by atoms with Crippen molar-refractivity contribution in [2.75, 3.05) is 27.2 Å². The molecule has 0 unspecified atom stereocenters. The first-order valence-corrected chi connectivity index (χ1v) is 6.47. The van der Waals surface area contributed by atoms with Gasteiger partial charge in [0.15, 0.2) is 5.78 Å². The summed E-state index contributed by atoms with van der Waals surface area (Å²) in [5.41, 5.74) is 1.60. The number of aromatic amines is 1. The van der Waals surface area contributed by atoms with Crippen molar-refractivity contribution >= 4 is 16.7 Å². The predicted octanol–water partition coefficient (Wildman–Crippen LogP) is 2.70. The number of hydrogen-bond acceptors (Lipinski definition) is 3. The zero-order valence-corrected chi connectivity index (χ0v) is 11.7. The number of benzene rings is 1. The number of Topliss-reactive ketones (excluding diaryl/α,β-unsaturated/α-hetero) is 1. The Morgan fingerprint density at radius 2 is 2.11 bits per heavy atom. The van der Waals surface area contributed by atoms with Crippen molar-refractivity contribution in [3.05, 3.63) is 30.0 Å². The van der Waals surface area contributed by atoms with Gasteiger partial charge in [-0.25, -0.2) is 0 Å². The second-order valence-electron chi connectivity index (χ2n) is 4.99. The van der Waals surface area contributed by atoms with Gasteiger partial charge in [-0.05, 0) is 44.8 Å². The SMILES string of the molecule is CC(=O)c1cc2cc(OCCCN(C)C)ccc2[nH]1. The third-order valence-electron chi connectivity index (χ3n) is 2.99. The average molecular weight is 260 g/mol. The first-order valence-electron chi connectivity index (χ1n) is 6.47. The van der Waals surface area contributed by atoms with Crippen molar-refractivity contribution < 1.29 is 9.53 Å². The Morgan fingerprint density at radius 1 is 1.32 bits per heavy atom. The van der Waals surface area contributed by atoms with Crippen molar-refractivity contribution in [2.45, 2.75) is 13.3 Å². The Bertz CT molecular complexity index is 573. The third-order valence-corrected chi connectivity index (χ3v) is 2.99. The van der Waals surface area contributed by atoms with Crippen molar-refractivity contribution in [1.29, 1.82) is 0 Å². The highest BCUT2D eigenvalue weighted by molar-refractivity contribution is 5.98. The summed E-state index contributed by atoms with van der Waals surface area (Å²) in [6.07, 6.45) is 0.997. The number of fused-ring (bicyclic) bond motifs is 1. The summed E-state index contributed by atoms with van der Waals surface area (Å²) in [5.74, 6) is 0.894. The van der Waals surface area contributed by atoms with E-state index < -0.39 is 0 Å². The number of rotatable bonds is 6. The van der Waals surface area contributed by atoms with Crippen LogP contribution in [0.15, 0.2) is 24.3 Å². The first-order chi connectivity index (χ1) is 9.06. The topological polar surface area (TPSA) is 45.3 Å². The average Bonchev–Trinajstić information content (AvgIpc) is 2.77. The molecule has 0 spiro atoms. The van der Waals surface area contributed by atoms with Crippen LogP contribution in [-0.4, -0.2) is 42.9 Å². The van der Waals surface area contributed by atoms with Crippen molar-refractivity contribution in [3.63, 3.8) is 0 Å². The summed E-state index contributed by atoms with van der Waals surface area (Å²) in [6.45, 7) is 3.28. The van der Waals surface area contributed by atoms with E-state index >= 15 is 0 Å². The van der Waals surface area contributed by atoms with Crippen LogP contribution in [0.3, 0.4) is 0 Å². The molecule has 0 atom stereocenters. The van der Waals surface area contributed by atoms with Crippen LogP contribution in [0, 0.1) is 0 Å². The molecule has 102 valence electrons. The molecule has 0 bridgehead atoms. The van der Waals surface area contributed by atoms with Crippen LogP contribution < -0.4 is 4.74 Å². The molecule has 0 saturated heterocycles. The van der Waals surface area contributed by atoms with E-state index in [1.165, 1.54) is 0 Å². The summed E-state index contributed by atoms with van der Waals surface area (Å²) in [7, 11) is 4.10. The molecule has 0 radical (unpaired) electrons. The van der Waals surface area contributed by atoms with Gasteiger partial charge in [0.1, 0.15) is 5.75 Å². The summed E-state index contributed by atoms with van der Waals surface area (Å²) in [5, 5.41) is 1.01. The van der Waals surface area contributed by atoms with E-state index in [0.717, 1.165) is 29.6 Å². The number of carbonyl (C=O) groups is 1. The largest absolute Gasteiger partial charge is 0.494 e. The van der Waals surface area contributed by atoms with Crippen LogP contribution >= 0.6 is 0 Å². The highest BCUT2D eigenvalue weighted by Gasteiger charge is 2.05. The molecule has 0 aliphatic rings. The van der Waals surface area contributed by atoms with Crippen molar-refractivity contribution in [1.82, 2.24) is 9.88 Å². The molecule has 1 N–H and O–H groups in total. The van der Waals surface area contributed by atoms with Gasteiger partial charge in [-0.3, -0.25) is 4.79 Å². The number of hydrogen-bond donors (Lipinski definition) is 1. The molecule has 0 saturated carbocycles. The fourth-order valence-electron chi connectivity index (χ4n) is 1.96. The van der Waals surface area contributed by atoms with Crippen LogP contribution in [-0.2, 0) is 0 Å². The lowest BCUT2D eigenvalue weighted by Crippen LogP contribution is -2.15. The molecule has 2 rings (SSSR count). The monoisotopic (exact) mass is 260 g/mol. The predicted molar refractivity (Wildman–Crippen MR) is 77.0 cm³/mol. The molecule has 4 nitrogen and oxygen atoms in total. The lowest BCUT2D eigenvalue weighted by Gasteiger charge is -2.10. The Balaban J connectivity index is 2.02. The van der Waals surface area contributed by atoms with E-state index in [9.17, 15) is 4.79 Å². The van der Waals surface area contributed by atoms with Gasteiger partial charge in [0.25, 0.3) is 0 Å². The molecule has 2 aromatic rings. The Morgan fingerprint density at radius 3 is 2.79 bits per heavy atom. The van der Waals surface area contributed by atoms with E-state index in [1.807, 2.05) is 24.3 Å². The molecule has 4 heteroatoms. The number of nitrogens with zero attached hydrogens (tertiary/aromatic N) is 1. The molecule has 0 amide bonds. The fourth-order valence-corrected chi connectivity index (χ4v) is 1.96. The molecular weight excluding hydrogens is 240 g/mol. The molecular formula is C15H20N2O2. The standard InChI is InChI=1S/C15H20N2O2/c1-11(18)15-10-12-9-13(5-6-14(12)16-15)19-8-4-7-17(2)3/h5-6,9-10,16H,4,7-8H2,1-3H3. The van der Waals surface area contributed by atoms with Crippen LogP contribution in [0.2, 0.25) is 0 Å². The minimum atomic E-state index is 0.0460. The first kappa shape index (κ1) is 13.6. The Kier molecular flexibility index (Phi) is 4.22. The highest BCUT2D eigenvalue weighted by Crippen LogP contribution is 2.22. The fraction of sp³-hybridized carbons (Fsp3) is 0.400. The second-order valence-corrected chi connectivity index (χ2v) is 4.99. The Labute approximate surface area is 113 Å². The molecule has 0 fully saturated rings. The van der Waals surface area contributed by atoms with E-state index in [-0.39, 0.29) is 5.78 Å². The van der Waals surface area contributed by atoms with Gasteiger partial charge in [-0.1, -0.05) is 0 Å². The van der Waals surface area contributed by atoms with E-state index in [2.05, 4.69) is 24.0 Å². The Hall–Kier alpha value is -1.81. The number of nitrogens with one attached hydrogen (secondary N) is 1. The van der Waals surface area contributed by atoms with Crippen molar-refractivity contribution in [3.8, 4) is 5.75 Å². The van der Waals surface area contributed by atoms with Crippen LogP contribution in [0.1, 0.15) is 23.8 Å². The number of H-pyrrole nitrogens is 1. The molecule has 0 aliphatic heterocycles. The van der Waals surface area contributed by atoms with Crippen molar-refractivity contribution in [2.24, 2.45) is 0 Å². The minimum Gasteiger partial charge on any atom is -0.494 e. The summed E-state index contributed by atoms with van der Waals surface area (Å²) in [6, 6.07) is 7.71. The molecule has 19 heavy (non-hydrogen) atoms. The summed E-state index contributed by atoms with van der Waals surface area (Å²) < 4.78 is 5.71. The smallest absolute Gasteiger partial charge is 0.175 e. The number of aromatic nitrogens is 1. The summed E-state index contributed by atoms with van der Waals surface area (Å²) in [4.78, 5) is 16.5. The van der Waals surface area contributed by atoms with E-state index in [1.54, 1.807) is 6.92 Å². The van der Waals surface area contributed by atoms with Crippen LogP contribution in [0.4, 0.5) is 0 Å². The minimum absolute atomic E-state index is 0.0460. The maximum atomic E-state index is 11.3. The number of carbonyl (C=O) groups excluding carboxylic acids is 1. The lowest BCUT2D eigenvalue weighted by molar-refractivity contribution is 0.101. The summed E-state index contributed by atoms with van der Waals surface area (Å²) >= 11 is 0. The molecule has 1 heterocycles. The zero-order chi connectivity index (χ0) is 13.8. The maximum Gasteiger partial charge on any atom is 0.175 e. The van der Waals surface area contributed by atoms with Crippen LogP contribution in [0.5, 0.6) is 5.75 Å². The second kappa shape index (κ2) is 5.89. The van der Waals surface area contributed by atoms with Gasteiger partial charge in [-0.2, -0.15) is 0 Å². The van der Waals surface area contributed by atoms with Gasteiger partial charge >= 0.3 is 0 Å². The number of ketones is 1. The van der Waals surface area contributed by atoms with E-state index in [0.29, 0.717) is 12.3 Å². The van der Waals surface area contributed by atoms with Crippen LogP contribution in [0.25, 0.3) is 10.9 Å². The van der Waals surface area contributed by atoms with Gasteiger partial charge in [0, 0.05) is 24.4 Å². The normalized spacial score (nSPS) is 11.2. The molecule has 1 aromatic carbocycles. The number of ether oxygens (including phenoxy) is 1. The maximum absolute atomic E-state index is 11.3. The third kappa shape index (κ3) is 3.58. The van der Waals surface area contributed by atoms with Gasteiger partial charge < -0.3 is 14.6 Å². The molecule has 0 aliphatic carbocycles. The molecule has 1 aromatic heterocycles.